The zero-order valence-electron chi connectivity index (χ0n) is 13.2. The van der Waals surface area contributed by atoms with Gasteiger partial charge < -0.3 is 15.2 Å². The number of hydrazone groups is 1. The Balaban J connectivity index is 2.12. The molecule has 0 aromatic heterocycles. The molecule has 0 bridgehead atoms. The van der Waals surface area contributed by atoms with Crippen molar-refractivity contribution in [1.29, 1.82) is 0 Å². The van der Waals surface area contributed by atoms with Gasteiger partial charge >= 0.3 is 6.03 Å². The van der Waals surface area contributed by atoms with Crippen molar-refractivity contribution < 1.29 is 14.3 Å². The Morgan fingerprint density at radius 3 is 2.75 bits per heavy atom. The summed E-state index contributed by atoms with van der Waals surface area (Å²) in [5.41, 5.74) is 8.70. The smallest absolute Gasteiger partial charge is 0.332 e. The molecule has 0 heterocycles. The number of ether oxygens (including phenoxy) is 2. The van der Waals surface area contributed by atoms with Crippen molar-refractivity contribution >= 4 is 23.8 Å². The lowest BCUT2D eigenvalue weighted by Crippen LogP contribution is -2.24. The van der Waals surface area contributed by atoms with Gasteiger partial charge in [0.25, 0.3) is 0 Å². The molecule has 24 heavy (non-hydrogen) atoms. The van der Waals surface area contributed by atoms with Crippen molar-refractivity contribution in [2.75, 3.05) is 6.61 Å². The Labute approximate surface area is 145 Å². The van der Waals surface area contributed by atoms with Crippen LogP contribution in [0.15, 0.2) is 47.6 Å². The van der Waals surface area contributed by atoms with E-state index in [0.717, 1.165) is 11.1 Å². The molecule has 0 saturated heterocycles. The van der Waals surface area contributed by atoms with Gasteiger partial charge in [-0.15, -0.1) is 0 Å². The summed E-state index contributed by atoms with van der Waals surface area (Å²) in [6, 6.07) is 12.1. The fraction of sp³-hybridized carbons (Fsp3) is 0.176. The molecule has 0 aliphatic heterocycles. The molecule has 6 nitrogen and oxygen atoms in total. The Hall–Kier alpha value is -2.73. The summed E-state index contributed by atoms with van der Waals surface area (Å²) >= 11 is 6.13. The maximum Gasteiger partial charge on any atom is 0.332 e. The van der Waals surface area contributed by atoms with E-state index in [0.29, 0.717) is 29.7 Å². The van der Waals surface area contributed by atoms with Gasteiger partial charge in [0.1, 0.15) is 6.61 Å². The van der Waals surface area contributed by atoms with Gasteiger partial charge in [-0.1, -0.05) is 29.8 Å². The molecule has 7 heteroatoms. The number of halogens is 1. The minimum atomic E-state index is -0.726. The number of benzene rings is 2. The first kappa shape index (κ1) is 17.6. The number of carbonyl (C=O) groups excluding carboxylic acids is 1. The van der Waals surface area contributed by atoms with E-state index in [1.165, 1.54) is 6.21 Å². The molecule has 126 valence electrons. The van der Waals surface area contributed by atoms with Crippen LogP contribution in [0.25, 0.3) is 0 Å². The lowest BCUT2D eigenvalue weighted by atomic mass is 10.2. The van der Waals surface area contributed by atoms with Crippen molar-refractivity contribution in [3.8, 4) is 11.5 Å². The van der Waals surface area contributed by atoms with Gasteiger partial charge in [0.05, 0.1) is 12.8 Å². The van der Waals surface area contributed by atoms with Crippen LogP contribution < -0.4 is 20.6 Å². The van der Waals surface area contributed by atoms with Crippen LogP contribution in [-0.4, -0.2) is 18.9 Å². The van der Waals surface area contributed by atoms with E-state index >= 15 is 0 Å². The van der Waals surface area contributed by atoms with Gasteiger partial charge in [-0.3, -0.25) is 0 Å². The molecule has 2 amide bonds. The van der Waals surface area contributed by atoms with E-state index in [9.17, 15) is 4.79 Å². The molecule has 0 saturated carbocycles. The number of hydrogen-bond acceptors (Lipinski definition) is 4. The number of amides is 2. The molecule has 0 spiro atoms. The van der Waals surface area contributed by atoms with E-state index in [1.807, 2.05) is 31.2 Å². The summed E-state index contributed by atoms with van der Waals surface area (Å²) in [5, 5.41) is 4.36. The van der Waals surface area contributed by atoms with Gasteiger partial charge in [0.15, 0.2) is 11.5 Å². The molecular weight excluding hydrogens is 330 g/mol. The third-order valence-electron chi connectivity index (χ3n) is 3.00. The number of nitrogens with two attached hydrogens (primary N) is 1. The van der Waals surface area contributed by atoms with E-state index in [-0.39, 0.29) is 0 Å². The van der Waals surface area contributed by atoms with Crippen LogP contribution in [0.5, 0.6) is 11.5 Å². The zero-order chi connectivity index (χ0) is 17.4. The van der Waals surface area contributed by atoms with Crippen molar-refractivity contribution in [2.45, 2.75) is 13.5 Å². The fourth-order valence-corrected chi connectivity index (χ4v) is 2.12. The van der Waals surface area contributed by atoms with Crippen LogP contribution in [0, 0.1) is 0 Å². The highest BCUT2D eigenvalue weighted by Gasteiger charge is 2.07. The fourth-order valence-electron chi connectivity index (χ4n) is 1.93. The number of urea groups is 1. The lowest BCUT2D eigenvalue weighted by molar-refractivity contribution is 0.249. The summed E-state index contributed by atoms with van der Waals surface area (Å²) in [4.78, 5) is 10.6. The van der Waals surface area contributed by atoms with E-state index in [4.69, 9.17) is 26.8 Å². The quantitative estimate of drug-likeness (QED) is 0.595. The monoisotopic (exact) mass is 347 g/mol. The highest BCUT2D eigenvalue weighted by Crippen LogP contribution is 2.29. The van der Waals surface area contributed by atoms with Crippen LogP contribution >= 0.6 is 11.6 Å². The molecule has 0 aliphatic carbocycles. The average Bonchev–Trinajstić information content (AvgIpc) is 2.55. The highest BCUT2D eigenvalue weighted by molar-refractivity contribution is 6.31. The third kappa shape index (κ3) is 5.17. The first-order valence-corrected chi connectivity index (χ1v) is 7.69. The summed E-state index contributed by atoms with van der Waals surface area (Å²) < 4.78 is 11.4. The topological polar surface area (TPSA) is 85.9 Å². The second-order valence-corrected chi connectivity index (χ2v) is 5.16. The van der Waals surface area contributed by atoms with Gasteiger partial charge in [-0.05, 0) is 36.8 Å². The summed E-state index contributed by atoms with van der Waals surface area (Å²) in [6.45, 7) is 2.70. The largest absolute Gasteiger partial charge is 0.490 e. The lowest BCUT2D eigenvalue weighted by Gasteiger charge is -2.13. The molecule has 0 radical (unpaired) electrons. The molecule has 0 aliphatic rings. The van der Waals surface area contributed by atoms with Crippen LogP contribution in [0.4, 0.5) is 4.79 Å². The second kappa shape index (κ2) is 8.79. The predicted molar refractivity (Wildman–Crippen MR) is 93.7 cm³/mol. The first-order chi connectivity index (χ1) is 11.6. The molecule has 0 unspecified atom stereocenters. The molecule has 2 aromatic carbocycles. The van der Waals surface area contributed by atoms with E-state index in [1.54, 1.807) is 18.2 Å². The first-order valence-electron chi connectivity index (χ1n) is 7.31. The number of rotatable bonds is 7. The maximum absolute atomic E-state index is 10.6. The minimum absolute atomic E-state index is 0.330. The maximum atomic E-state index is 10.6. The Kier molecular flexibility index (Phi) is 6.45. The van der Waals surface area contributed by atoms with Crippen LogP contribution in [0.1, 0.15) is 18.1 Å². The molecule has 2 rings (SSSR count). The van der Waals surface area contributed by atoms with Gasteiger partial charge in [-0.25, -0.2) is 10.2 Å². The summed E-state index contributed by atoms with van der Waals surface area (Å²) in [7, 11) is 0. The minimum Gasteiger partial charge on any atom is -0.490 e. The van der Waals surface area contributed by atoms with Gasteiger partial charge in [0, 0.05) is 10.6 Å². The number of nitrogens with zero attached hydrogens (tertiary/aromatic N) is 1. The number of hydrogen-bond donors (Lipinski definition) is 2. The second-order valence-electron chi connectivity index (χ2n) is 4.75. The van der Waals surface area contributed by atoms with E-state index in [2.05, 4.69) is 10.5 Å². The van der Waals surface area contributed by atoms with Crippen molar-refractivity contribution in [2.24, 2.45) is 10.8 Å². The van der Waals surface area contributed by atoms with Crippen LogP contribution in [0.2, 0.25) is 5.02 Å². The normalized spacial score (nSPS) is 10.6. The Morgan fingerprint density at radius 1 is 1.25 bits per heavy atom. The standard InChI is InChI=1S/C17H18ClN3O3/c1-2-23-16-9-12(10-20-21-17(19)22)7-8-15(16)24-11-13-5-3-4-6-14(13)18/h3-10H,2,11H2,1H3,(H3,19,21,22). The van der Waals surface area contributed by atoms with Crippen LogP contribution in [-0.2, 0) is 6.61 Å². The van der Waals surface area contributed by atoms with Crippen LogP contribution in [0.3, 0.4) is 0 Å². The van der Waals surface area contributed by atoms with Crippen molar-refractivity contribution in [3.05, 3.63) is 58.6 Å². The SMILES string of the molecule is CCOc1cc(C=NNC(N)=O)ccc1OCc1ccccc1Cl. The Bertz CT molecular complexity index is 735. The molecule has 0 atom stereocenters. The van der Waals surface area contributed by atoms with Crippen molar-refractivity contribution in [1.82, 2.24) is 5.43 Å². The van der Waals surface area contributed by atoms with Gasteiger partial charge in [0.2, 0.25) is 0 Å². The van der Waals surface area contributed by atoms with Gasteiger partial charge in [-0.2, -0.15) is 5.10 Å². The van der Waals surface area contributed by atoms with Crippen molar-refractivity contribution in [3.63, 3.8) is 0 Å². The number of primary amides is 1. The number of nitrogens with one attached hydrogen (secondary N) is 1. The molecule has 0 fully saturated rings. The van der Waals surface area contributed by atoms with E-state index < -0.39 is 6.03 Å². The summed E-state index contributed by atoms with van der Waals surface area (Å²) in [6.07, 6.45) is 1.46. The third-order valence-corrected chi connectivity index (χ3v) is 3.37. The molecule has 2 aromatic rings. The number of carbonyl (C=O) groups is 1. The summed E-state index contributed by atoms with van der Waals surface area (Å²) in [5.74, 6) is 1.17. The molecular formula is C17H18ClN3O3. The zero-order valence-corrected chi connectivity index (χ0v) is 13.9. The molecule has 3 N–H and O–H groups in total. The average molecular weight is 348 g/mol. The highest BCUT2D eigenvalue weighted by atomic mass is 35.5. The predicted octanol–water partition coefficient (Wildman–Crippen LogP) is 3.32. The Morgan fingerprint density at radius 2 is 2.04 bits per heavy atom.